The largest absolute Gasteiger partial charge is 0.433 e. The number of hydrogen-bond donors (Lipinski definition) is 3. The molecule has 0 aliphatic rings. The first-order valence-corrected chi connectivity index (χ1v) is 6.65. The zero-order chi connectivity index (χ0) is 15.8. The Morgan fingerprint density at radius 3 is 2.62 bits per heavy atom. The van der Waals surface area contributed by atoms with E-state index in [0.29, 0.717) is 13.0 Å². The highest BCUT2D eigenvalue weighted by Crippen LogP contribution is 2.25. The number of para-hydroxylation sites is 2. The van der Waals surface area contributed by atoms with Crippen molar-refractivity contribution in [3.05, 3.63) is 24.3 Å². The number of nitrogens with one attached hydrogen (secondary N) is 2. The predicted molar refractivity (Wildman–Crippen MR) is 75.6 cm³/mol. The van der Waals surface area contributed by atoms with Crippen LogP contribution in [0.1, 0.15) is 20.3 Å². The van der Waals surface area contributed by atoms with E-state index in [0.717, 1.165) is 0 Å². The molecule has 0 heterocycles. The average Bonchev–Trinajstić information content (AvgIpc) is 2.37. The second-order valence-corrected chi connectivity index (χ2v) is 4.90. The number of aliphatic hydroxyl groups is 1. The molecule has 0 radical (unpaired) electrons. The van der Waals surface area contributed by atoms with Crippen LogP contribution in [0.5, 0.6) is 5.75 Å². The van der Waals surface area contributed by atoms with Gasteiger partial charge in [-0.3, -0.25) is 0 Å². The van der Waals surface area contributed by atoms with Gasteiger partial charge < -0.3 is 20.5 Å². The zero-order valence-corrected chi connectivity index (χ0v) is 12.0. The third-order valence-corrected chi connectivity index (χ3v) is 2.71. The van der Waals surface area contributed by atoms with Crippen molar-refractivity contribution in [3.8, 4) is 5.75 Å². The van der Waals surface area contributed by atoms with Gasteiger partial charge in [-0.25, -0.2) is 4.79 Å². The van der Waals surface area contributed by atoms with Crippen molar-refractivity contribution in [1.29, 1.82) is 0 Å². The molecular formula is C14H20F2N2O3. The molecule has 3 N–H and O–H groups in total. The molecule has 7 heteroatoms. The summed E-state index contributed by atoms with van der Waals surface area (Å²) in [6.07, 6.45) is 0.121. The highest BCUT2D eigenvalue weighted by molar-refractivity contribution is 5.90. The number of urea groups is 1. The number of carbonyl (C=O) groups excluding carboxylic acids is 1. The van der Waals surface area contributed by atoms with Gasteiger partial charge in [-0.05, 0) is 31.4 Å². The van der Waals surface area contributed by atoms with E-state index in [-0.39, 0.29) is 17.4 Å². The standard InChI is InChI=1S/C14H20F2N2O3/c1-9(7-10(2)19)8-17-14(20)18-11-5-3-4-6-12(11)21-13(15)16/h3-6,9-10,13,19H,7-8H2,1-2H3,(H2,17,18,20). The predicted octanol–water partition coefficient (Wildman–Crippen LogP) is 2.82. The van der Waals surface area contributed by atoms with E-state index in [1.165, 1.54) is 18.2 Å². The molecule has 0 aliphatic carbocycles. The fraction of sp³-hybridized carbons (Fsp3) is 0.500. The summed E-state index contributed by atoms with van der Waals surface area (Å²) in [6, 6.07) is 5.43. The summed E-state index contributed by atoms with van der Waals surface area (Å²) in [5.74, 6) is 0.00277. The minimum absolute atomic E-state index is 0.0975. The summed E-state index contributed by atoms with van der Waals surface area (Å²) >= 11 is 0. The van der Waals surface area contributed by atoms with Crippen LogP contribution in [0.4, 0.5) is 19.3 Å². The molecule has 0 saturated heterocycles. The lowest BCUT2D eigenvalue weighted by Crippen LogP contribution is -2.33. The number of alkyl halides is 2. The Morgan fingerprint density at radius 2 is 2.00 bits per heavy atom. The first kappa shape index (κ1) is 17.2. The van der Waals surface area contributed by atoms with Crippen LogP contribution in [0.15, 0.2) is 24.3 Å². The van der Waals surface area contributed by atoms with Crippen molar-refractivity contribution in [3.63, 3.8) is 0 Å². The summed E-state index contributed by atoms with van der Waals surface area (Å²) < 4.78 is 28.8. The van der Waals surface area contributed by atoms with Gasteiger partial charge in [-0.15, -0.1) is 0 Å². The van der Waals surface area contributed by atoms with Crippen LogP contribution in [-0.4, -0.2) is 30.4 Å². The number of aliphatic hydroxyl groups excluding tert-OH is 1. The van der Waals surface area contributed by atoms with Gasteiger partial charge in [0.1, 0.15) is 5.75 Å². The maximum Gasteiger partial charge on any atom is 0.387 e. The molecular weight excluding hydrogens is 282 g/mol. The van der Waals surface area contributed by atoms with Crippen LogP contribution >= 0.6 is 0 Å². The first-order valence-electron chi connectivity index (χ1n) is 6.65. The second kappa shape index (κ2) is 8.41. The molecule has 1 aromatic rings. The molecule has 118 valence electrons. The molecule has 0 spiro atoms. The molecule has 21 heavy (non-hydrogen) atoms. The number of ether oxygens (including phenoxy) is 1. The van der Waals surface area contributed by atoms with Crippen molar-refractivity contribution in [1.82, 2.24) is 5.32 Å². The molecule has 0 fully saturated rings. The number of benzene rings is 1. The lowest BCUT2D eigenvalue weighted by atomic mass is 10.1. The minimum atomic E-state index is -2.96. The highest BCUT2D eigenvalue weighted by atomic mass is 19.3. The van der Waals surface area contributed by atoms with E-state index in [9.17, 15) is 18.7 Å². The van der Waals surface area contributed by atoms with Crippen LogP contribution in [0, 0.1) is 5.92 Å². The lowest BCUT2D eigenvalue weighted by Gasteiger charge is -2.15. The zero-order valence-electron chi connectivity index (χ0n) is 12.0. The van der Waals surface area contributed by atoms with Crippen molar-refractivity contribution in [2.45, 2.75) is 33.0 Å². The summed E-state index contributed by atoms with van der Waals surface area (Å²) in [6.45, 7) is 0.978. The number of halogens is 2. The van der Waals surface area contributed by atoms with Crippen LogP contribution in [0.3, 0.4) is 0 Å². The molecule has 1 rings (SSSR count). The van der Waals surface area contributed by atoms with Gasteiger partial charge >= 0.3 is 12.6 Å². The molecule has 0 saturated carbocycles. The fourth-order valence-electron chi connectivity index (χ4n) is 1.87. The van der Waals surface area contributed by atoms with Gasteiger partial charge in [0.25, 0.3) is 0 Å². The van der Waals surface area contributed by atoms with E-state index in [4.69, 9.17) is 0 Å². The third kappa shape index (κ3) is 6.89. The normalized spacial score (nSPS) is 13.6. The number of anilines is 1. The van der Waals surface area contributed by atoms with Crippen LogP contribution < -0.4 is 15.4 Å². The Bertz CT molecular complexity index is 456. The van der Waals surface area contributed by atoms with E-state index < -0.39 is 18.7 Å². The number of amides is 2. The second-order valence-electron chi connectivity index (χ2n) is 4.90. The van der Waals surface area contributed by atoms with Gasteiger partial charge in [0.05, 0.1) is 11.8 Å². The summed E-state index contributed by atoms with van der Waals surface area (Å²) in [7, 11) is 0. The van der Waals surface area contributed by atoms with E-state index in [2.05, 4.69) is 15.4 Å². The van der Waals surface area contributed by atoms with Crippen molar-refractivity contribution >= 4 is 11.7 Å². The molecule has 5 nitrogen and oxygen atoms in total. The fourth-order valence-corrected chi connectivity index (χ4v) is 1.87. The quantitative estimate of drug-likeness (QED) is 0.725. The number of carbonyl (C=O) groups is 1. The smallest absolute Gasteiger partial charge is 0.387 e. The molecule has 0 aliphatic heterocycles. The maximum absolute atomic E-state index is 12.2. The minimum Gasteiger partial charge on any atom is -0.433 e. The van der Waals surface area contributed by atoms with Gasteiger partial charge in [-0.2, -0.15) is 8.78 Å². The van der Waals surface area contributed by atoms with Gasteiger partial charge in [0, 0.05) is 6.54 Å². The van der Waals surface area contributed by atoms with Gasteiger partial charge in [0.2, 0.25) is 0 Å². The lowest BCUT2D eigenvalue weighted by molar-refractivity contribution is -0.0493. The average molecular weight is 302 g/mol. The number of hydrogen-bond acceptors (Lipinski definition) is 3. The summed E-state index contributed by atoms with van der Waals surface area (Å²) in [5.41, 5.74) is 0.165. The molecule has 2 unspecified atom stereocenters. The van der Waals surface area contributed by atoms with Gasteiger partial charge in [-0.1, -0.05) is 19.1 Å². The first-order chi connectivity index (χ1) is 9.88. The maximum atomic E-state index is 12.2. The van der Waals surface area contributed by atoms with Crippen LogP contribution in [0.2, 0.25) is 0 Å². The monoisotopic (exact) mass is 302 g/mol. The van der Waals surface area contributed by atoms with Crippen molar-refractivity contribution in [2.75, 3.05) is 11.9 Å². The van der Waals surface area contributed by atoms with Crippen molar-refractivity contribution in [2.24, 2.45) is 5.92 Å². The highest BCUT2D eigenvalue weighted by Gasteiger charge is 2.12. The van der Waals surface area contributed by atoms with E-state index in [1.54, 1.807) is 13.0 Å². The van der Waals surface area contributed by atoms with Crippen LogP contribution in [0.25, 0.3) is 0 Å². The van der Waals surface area contributed by atoms with Gasteiger partial charge in [0.15, 0.2) is 0 Å². The topological polar surface area (TPSA) is 70.6 Å². The number of rotatable bonds is 7. The Hall–Kier alpha value is -1.89. The summed E-state index contributed by atoms with van der Waals surface area (Å²) in [5, 5.41) is 14.3. The SMILES string of the molecule is CC(O)CC(C)CNC(=O)Nc1ccccc1OC(F)F. The van der Waals surface area contributed by atoms with E-state index >= 15 is 0 Å². The Labute approximate surface area is 122 Å². The Kier molecular flexibility index (Phi) is 6.87. The third-order valence-electron chi connectivity index (χ3n) is 2.71. The Morgan fingerprint density at radius 1 is 1.33 bits per heavy atom. The molecule has 2 atom stereocenters. The van der Waals surface area contributed by atoms with Crippen LogP contribution in [-0.2, 0) is 0 Å². The Balaban J connectivity index is 2.51. The summed E-state index contributed by atoms with van der Waals surface area (Å²) in [4.78, 5) is 11.7. The molecule has 0 aromatic heterocycles. The molecule has 0 bridgehead atoms. The molecule has 1 aromatic carbocycles. The van der Waals surface area contributed by atoms with E-state index in [1.807, 2.05) is 6.92 Å². The van der Waals surface area contributed by atoms with Crippen molar-refractivity contribution < 1.29 is 23.4 Å². The molecule has 2 amide bonds.